The standard InChI is InChI=1S/C8H8N8/c1-4-2-5-12-14-7(16(5)3-10-4)6-11-8(9)15-13-6/h2-3H,1H3,(H3,9,11,13,15). The number of nitrogen functional groups attached to an aromatic ring is 1. The zero-order valence-corrected chi connectivity index (χ0v) is 8.42. The van der Waals surface area contributed by atoms with Gasteiger partial charge >= 0.3 is 0 Å². The molecule has 0 spiro atoms. The van der Waals surface area contributed by atoms with E-state index in [2.05, 4.69) is 30.4 Å². The maximum atomic E-state index is 5.43. The summed E-state index contributed by atoms with van der Waals surface area (Å²) in [5, 5.41) is 14.4. The van der Waals surface area contributed by atoms with Gasteiger partial charge in [-0.2, -0.15) is 4.98 Å². The summed E-state index contributed by atoms with van der Waals surface area (Å²) in [5.74, 6) is 1.18. The highest BCUT2D eigenvalue weighted by molar-refractivity contribution is 5.52. The number of rotatable bonds is 1. The van der Waals surface area contributed by atoms with E-state index in [0.29, 0.717) is 17.3 Å². The van der Waals surface area contributed by atoms with Crippen LogP contribution >= 0.6 is 0 Å². The summed E-state index contributed by atoms with van der Waals surface area (Å²) in [5.41, 5.74) is 7.01. The maximum absolute atomic E-state index is 5.43. The molecule has 0 aliphatic carbocycles. The van der Waals surface area contributed by atoms with Crippen LogP contribution < -0.4 is 5.73 Å². The molecule has 0 unspecified atom stereocenters. The van der Waals surface area contributed by atoms with E-state index in [1.807, 2.05) is 13.0 Å². The SMILES string of the molecule is Cc1cc2nnc(-c3nc(N)n[nH]3)n2cn1. The molecule has 8 nitrogen and oxygen atoms in total. The number of aryl methyl sites for hydroxylation is 1. The van der Waals surface area contributed by atoms with Gasteiger partial charge < -0.3 is 5.73 Å². The van der Waals surface area contributed by atoms with Crippen molar-refractivity contribution in [2.45, 2.75) is 6.92 Å². The van der Waals surface area contributed by atoms with Crippen LogP contribution in [0.5, 0.6) is 0 Å². The Balaban J connectivity index is 2.25. The van der Waals surface area contributed by atoms with Gasteiger partial charge in [0.1, 0.15) is 6.33 Å². The summed E-state index contributed by atoms with van der Waals surface area (Å²) < 4.78 is 1.72. The Bertz CT molecular complexity index is 651. The molecule has 80 valence electrons. The van der Waals surface area contributed by atoms with Crippen molar-refractivity contribution in [2.24, 2.45) is 0 Å². The van der Waals surface area contributed by atoms with Gasteiger partial charge in [0.15, 0.2) is 11.5 Å². The van der Waals surface area contributed by atoms with Crippen molar-refractivity contribution in [1.82, 2.24) is 34.8 Å². The van der Waals surface area contributed by atoms with Crippen molar-refractivity contribution < 1.29 is 0 Å². The van der Waals surface area contributed by atoms with Crippen molar-refractivity contribution in [2.75, 3.05) is 5.73 Å². The van der Waals surface area contributed by atoms with E-state index in [1.54, 1.807) is 10.7 Å². The lowest BCUT2D eigenvalue weighted by molar-refractivity contribution is 1.01. The van der Waals surface area contributed by atoms with E-state index in [-0.39, 0.29) is 5.95 Å². The number of H-pyrrole nitrogens is 1. The summed E-state index contributed by atoms with van der Waals surface area (Å²) in [6.45, 7) is 1.89. The lowest BCUT2D eigenvalue weighted by Crippen LogP contribution is -1.94. The third-order valence-electron chi connectivity index (χ3n) is 2.15. The Hall–Kier alpha value is -2.51. The van der Waals surface area contributed by atoms with Crippen molar-refractivity contribution in [3.63, 3.8) is 0 Å². The quantitative estimate of drug-likeness (QED) is 0.582. The molecule has 3 N–H and O–H groups in total. The minimum atomic E-state index is 0.173. The number of aromatic amines is 1. The first-order valence-corrected chi connectivity index (χ1v) is 4.59. The lowest BCUT2D eigenvalue weighted by Gasteiger charge is -1.95. The molecule has 0 bridgehead atoms. The Morgan fingerprint density at radius 1 is 1.38 bits per heavy atom. The Morgan fingerprint density at radius 3 is 3.00 bits per heavy atom. The molecule has 0 amide bonds. The monoisotopic (exact) mass is 216 g/mol. The Labute approximate surface area is 89.6 Å². The highest BCUT2D eigenvalue weighted by Crippen LogP contribution is 2.13. The average Bonchev–Trinajstić information content (AvgIpc) is 2.83. The largest absolute Gasteiger partial charge is 0.366 e. The summed E-state index contributed by atoms with van der Waals surface area (Å²) in [6.07, 6.45) is 1.64. The minimum Gasteiger partial charge on any atom is -0.366 e. The average molecular weight is 216 g/mol. The van der Waals surface area contributed by atoms with Gasteiger partial charge in [-0.3, -0.25) is 9.50 Å². The molecule has 3 aromatic heterocycles. The molecule has 0 fully saturated rings. The van der Waals surface area contributed by atoms with Crippen LogP contribution in [0, 0.1) is 6.92 Å². The van der Waals surface area contributed by atoms with Gasteiger partial charge in [0.05, 0.1) is 0 Å². The second-order valence-electron chi connectivity index (χ2n) is 3.32. The van der Waals surface area contributed by atoms with Crippen LogP contribution in [0.25, 0.3) is 17.3 Å². The fraction of sp³-hybridized carbons (Fsp3) is 0.125. The van der Waals surface area contributed by atoms with Crippen molar-refractivity contribution in [3.05, 3.63) is 18.1 Å². The normalized spacial score (nSPS) is 11.1. The fourth-order valence-electron chi connectivity index (χ4n) is 1.42. The van der Waals surface area contributed by atoms with Gasteiger partial charge in [-0.05, 0) is 6.92 Å². The highest BCUT2D eigenvalue weighted by Gasteiger charge is 2.11. The summed E-state index contributed by atoms with van der Waals surface area (Å²) in [6, 6.07) is 1.83. The number of nitrogens with one attached hydrogen (secondary N) is 1. The molecule has 3 aromatic rings. The van der Waals surface area contributed by atoms with Crippen molar-refractivity contribution in [3.8, 4) is 11.6 Å². The first-order chi connectivity index (χ1) is 7.74. The second kappa shape index (κ2) is 2.99. The lowest BCUT2D eigenvalue weighted by atomic mass is 10.4. The fourth-order valence-corrected chi connectivity index (χ4v) is 1.42. The van der Waals surface area contributed by atoms with Crippen LogP contribution in [0.4, 0.5) is 5.95 Å². The molecule has 16 heavy (non-hydrogen) atoms. The van der Waals surface area contributed by atoms with Gasteiger partial charge in [0.2, 0.25) is 11.8 Å². The number of nitrogens with two attached hydrogens (primary N) is 1. The second-order valence-corrected chi connectivity index (χ2v) is 3.32. The smallest absolute Gasteiger partial charge is 0.239 e. The van der Waals surface area contributed by atoms with Crippen LogP contribution in [0.1, 0.15) is 5.69 Å². The molecule has 0 saturated heterocycles. The van der Waals surface area contributed by atoms with Crippen molar-refractivity contribution in [1.29, 1.82) is 0 Å². The van der Waals surface area contributed by atoms with Crippen LogP contribution in [0.15, 0.2) is 12.4 Å². The molecule has 0 aliphatic rings. The predicted octanol–water partition coefficient (Wildman–Crippen LogP) is -0.200. The molecule has 0 atom stereocenters. The maximum Gasteiger partial charge on any atom is 0.239 e. The number of aromatic nitrogens is 7. The summed E-state index contributed by atoms with van der Waals surface area (Å²) in [4.78, 5) is 8.15. The van der Waals surface area contributed by atoms with Crippen LogP contribution in [-0.4, -0.2) is 34.8 Å². The van der Waals surface area contributed by atoms with Gasteiger partial charge in [0.25, 0.3) is 0 Å². The third kappa shape index (κ3) is 1.20. The van der Waals surface area contributed by atoms with Crippen LogP contribution in [0.3, 0.4) is 0 Å². The molecular formula is C8H8N8. The van der Waals surface area contributed by atoms with Crippen LogP contribution in [0.2, 0.25) is 0 Å². The van der Waals surface area contributed by atoms with Gasteiger partial charge in [-0.1, -0.05) is 0 Å². The minimum absolute atomic E-state index is 0.173. The molecule has 3 heterocycles. The molecule has 8 heteroatoms. The number of nitrogens with zero attached hydrogens (tertiary/aromatic N) is 6. The summed E-state index contributed by atoms with van der Waals surface area (Å²) in [7, 11) is 0. The molecule has 0 aliphatic heterocycles. The third-order valence-corrected chi connectivity index (χ3v) is 2.15. The molecule has 0 radical (unpaired) electrons. The molecule has 0 aromatic carbocycles. The first-order valence-electron chi connectivity index (χ1n) is 4.59. The molecule has 0 saturated carbocycles. The van der Waals surface area contributed by atoms with E-state index >= 15 is 0 Å². The topological polar surface area (TPSA) is 111 Å². The van der Waals surface area contributed by atoms with Gasteiger partial charge in [-0.15, -0.1) is 15.3 Å². The first kappa shape index (κ1) is 8.77. The zero-order chi connectivity index (χ0) is 11.1. The van der Waals surface area contributed by atoms with Crippen LogP contribution in [-0.2, 0) is 0 Å². The van der Waals surface area contributed by atoms with E-state index in [9.17, 15) is 0 Å². The number of fused-ring (bicyclic) bond motifs is 1. The number of anilines is 1. The van der Waals surface area contributed by atoms with Gasteiger partial charge in [-0.25, -0.2) is 4.98 Å². The number of hydrogen-bond acceptors (Lipinski definition) is 6. The molecule has 3 rings (SSSR count). The molecular weight excluding hydrogens is 208 g/mol. The van der Waals surface area contributed by atoms with Gasteiger partial charge in [0, 0.05) is 11.8 Å². The Morgan fingerprint density at radius 2 is 2.25 bits per heavy atom. The van der Waals surface area contributed by atoms with E-state index in [0.717, 1.165) is 5.69 Å². The van der Waals surface area contributed by atoms with E-state index < -0.39 is 0 Å². The Kier molecular flexibility index (Phi) is 1.64. The van der Waals surface area contributed by atoms with E-state index in [1.165, 1.54) is 0 Å². The van der Waals surface area contributed by atoms with Crippen molar-refractivity contribution >= 4 is 11.6 Å². The predicted molar refractivity (Wildman–Crippen MR) is 55.3 cm³/mol. The van der Waals surface area contributed by atoms with E-state index in [4.69, 9.17) is 5.73 Å². The summed E-state index contributed by atoms with van der Waals surface area (Å²) >= 11 is 0. The zero-order valence-electron chi connectivity index (χ0n) is 8.42. The number of hydrogen-bond donors (Lipinski definition) is 2. The highest BCUT2D eigenvalue weighted by atomic mass is 15.3.